The Morgan fingerprint density at radius 3 is 2.30 bits per heavy atom. The second-order valence-corrected chi connectivity index (χ2v) is 4.43. The van der Waals surface area contributed by atoms with Crippen LogP contribution in [-0.2, 0) is 0 Å². The Balaban J connectivity index is 2.06. The molecule has 6 heteroatoms. The quantitative estimate of drug-likeness (QED) is 0.888. The highest BCUT2D eigenvalue weighted by Gasteiger charge is 2.08. The van der Waals surface area contributed by atoms with Crippen LogP contribution in [-0.4, -0.2) is 37.0 Å². The molecule has 0 spiro atoms. The fourth-order valence-corrected chi connectivity index (χ4v) is 1.61. The van der Waals surface area contributed by atoms with Gasteiger partial charge < -0.3 is 15.5 Å². The van der Waals surface area contributed by atoms with E-state index in [2.05, 4.69) is 20.6 Å². The summed E-state index contributed by atoms with van der Waals surface area (Å²) in [5, 5.41) is 5.63. The van der Waals surface area contributed by atoms with Gasteiger partial charge in [-0.15, -0.1) is 0 Å². The number of aromatic nitrogens is 2. The molecule has 1 aromatic carbocycles. The van der Waals surface area contributed by atoms with Crippen molar-refractivity contribution in [2.45, 2.75) is 0 Å². The number of nitrogens with one attached hydrogen (secondary N) is 2. The van der Waals surface area contributed by atoms with Gasteiger partial charge in [-0.25, -0.2) is 9.97 Å². The molecule has 20 heavy (non-hydrogen) atoms. The summed E-state index contributed by atoms with van der Waals surface area (Å²) in [5.74, 6) is 0.342. The van der Waals surface area contributed by atoms with E-state index >= 15 is 0 Å². The van der Waals surface area contributed by atoms with E-state index in [4.69, 9.17) is 0 Å². The van der Waals surface area contributed by atoms with Crippen LogP contribution in [0.5, 0.6) is 0 Å². The molecule has 2 N–H and O–H groups in total. The molecule has 104 valence electrons. The largest absolute Gasteiger partial charge is 0.378 e. The van der Waals surface area contributed by atoms with Crippen LogP contribution in [0.1, 0.15) is 10.5 Å². The zero-order valence-electron chi connectivity index (χ0n) is 11.7. The minimum atomic E-state index is -0.280. The highest BCUT2D eigenvalue weighted by atomic mass is 16.1. The average molecular weight is 271 g/mol. The third-order valence-corrected chi connectivity index (χ3v) is 2.78. The van der Waals surface area contributed by atoms with E-state index in [1.165, 1.54) is 12.4 Å². The molecular formula is C14H17N5O. The first-order valence-electron chi connectivity index (χ1n) is 6.18. The van der Waals surface area contributed by atoms with Gasteiger partial charge in [-0.1, -0.05) is 0 Å². The van der Waals surface area contributed by atoms with Crippen molar-refractivity contribution >= 4 is 23.1 Å². The number of hydrogen-bond acceptors (Lipinski definition) is 5. The van der Waals surface area contributed by atoms with Crippen LogP contribution >= 0.6 is 0 Å². The van der Waals surface area contributed by atoms with Crippen molar-refractivity contribution in [2.75, 3.05) is 36.7 Å². The number of nitrogens with zero attached hydrogens (tertiary/aromatic N) is 3. The smallest absolute Gasteiger partial charge is 0.275 e. The SMILES string of the molecule is CNc1cnc(C(=O)Nc2ccc(N(C)C)cc2)cn1. The van der Waals surface area contributed by atoms with E-state index in [1.54, 1.807) is 7.05 Å². The molecule has 0 saturated carbocycles. The van der Waals surface area contributed by atoms with Crippen LogP contribution in [0.15, 0.2) is 36.7 Å². The molecule has 0 radical (unpaired) electrons. The Morgan fingerprint density at radius 1 is 1.10 bits per heavy atom. The summed E-state index contributed by atoms with van der Waals surface area (Å²) in [6.07, 6.45) is 2.96. The zero-order chi connectivity index (χ0) is 14.5. The molecule has 2 rings (SSSR count). The van der Waals surface area contributed by atoms with Crippen LogP contribution < -0.4 is 15.5 Å². The lowest BCUT2D eigenvalue weighted by Crippen LogP contribution is -2.14. The van der Waals surface area contributed by atoms with E-state index in [0.29, 0.717) is 5.82 Å². The number of amides is 1. The molecule has 2 aromatic rings. The molecule has 0 aliphatic rings. The molecule has 0 atom stereocenters. The molecule has 0 aliphatic heterocycles. The molecule has 0 bridgehead atoms. The van der Waals surface area contributed by atoms with Crippen LogP contribution in [0.3, 0.4) is 0 Å². The molecular weight excluding hydrogens is 254 g/mol. The molecule has 1 heterocycles. The van der Waals surface area contributed by atoms with Gasteiger partial charge in [0.15, 0.2) is 0 Å². The van der Waals surface area contributed by atoms with E-state index in [0.717, 1.165) is 11.4 Å². The van der Waals surface area contributed by atoms with Gasteiger partial charge in [-0.05, 0) is 24.3 Å². The maximum absolute atomic E-state index is 12.0. The maximum Gasteiger partial charge on any atom is 0.275 e. The highest BCUT2D eigenvalue weighted by molar-refractivity contribution is 6.02. The average Bonchev–Trinajstić information content (AvgIpc) is 2.48. The third-order valence-electron chi connectivity index (χ3n) is 2.78. The van der Waals surface area contributed by atoms with E-state index in [9.17, 15) is 4.79 Å². The number of anilines is 3. The van der Waals surface area contributed by atoms with Gasteiger partial charge in [0.25, 0.3) is 5.91 Å². The van der Waals surface area contributed by atoms with Crippen molar-refractivity contribution in [1.82, 2.24) is 9.97 Å². The minimum Gasteiger partial charge on any atom is -0.378 e. The Morgan fingerprint density at radius 2 is 1.80 bits per heavy atom. The van der Waals surface area contributed by atoms with E-state index in [1.807, 2.05) is 43.3 Å². The summed E-state index contributed by atoms with van der Waals surface area (Å²) in [4.78, 5) is 22.1. The standard InChI is InChI=1S/C14H17N5O/c1-15-13-9-16-12(8-17-13)14(20)18-10-4-6-11(7-5-10)19(2)3/h4-9H,1-3H3,(H,15,17)(H,18,20). The summed E-state index contributed by atoms with van der Waals surface area (Å²) in [6.45, 7) is 0. The van der Waals surface area contributed by atoms with Crippen molar-refractivity contribution in [3.63, 3.8) is 0 Å². The molecule has 6 nitrogen and oxygen atoms in total. The number of hydrogen-bond donors (Lipinski definition) is 2. The van der Waals surface area contributed by atoms with Gasteiger partial charge >= 0.3 is 0 Å². The second kappa shape index (κ2) is 6.01. The predicted molar refractivity (Wildman–Crippen MR) is 80.3 cm³/mol. The summed E-state index contributed by atoms with van der Waals surface area (Å²) in [7, 11) is 5.68. The van der Waals surface area contributed by atoms with Gasteiger partial charge in [0.1, 0.15) is 11.5 Å². The molecule has 1 aromatic heterocycles. The van der Waals surface area contributed by atoms with Crippen molar-refractivity contribution in [2.24, 2.45) is 0 Å². The maximum atomic E-state index is 12.0. The van der Waals surface area contributed by atoms with Crippen molar-refractivity contribution in [1.29, 1.82) is 0 Å². The molecule has 0 unspecified atom stereocenters. The highest BCUT2D eigenvalue weighted by Crippen LogP contribution is 2.16. The number of carbonyl (C=O) groups is 1. The Hall–Kier alpha value is -2.63. The van der Waals surface area contributed by atoms with Crippen molar-refractivity contribution < 1.29 is 4.79 Å². The lowest BCUT2D eigenvalue weighted by molar-refractivity contribution is 0.102. The zero-order valence-corrected chi connectivity index (χ0v) is 11.7. The molecule has 0 aliphatic carbocycles. The van der Waals surface area contributed by atoms with Crippen LogP contribution in [0.4, 0.5) is 17.2 Å². The summed E-state index contributed by atoms with van der Waals surface area (Å²) in [5.41, 5.74) is 2.07. The van der Waals surface area contributed by atoms with Crippen LogP contribution in [0.2, 0.25) is 0 Å². The molecule has 0 fully saturated rings. The van der Waals surface area contributed by atoms with E-state index in [-0.39, 0.29) is 11.6 Å². The number of rotatable bonds is 4. The summed E-state index contributed by atoms with van der Waals surface area (Å²) in [6, 6.07) is 7.57. The lowest BCUT2D eigenvalue weighted by Gasteiger charge is -2.12. The Bertz CT molecular complexity index is 578. The summed E-state index contributed by atoms with van der Waals surface area (Å²) < 4.78 is 0. The summed E-state index contributed by atoms with van der Waals surface area (Å²) >= 11 is 0. The first-order valence-corrected chi connectivity index (χ1v) is 6.18. The van der Waals surface area contributed by atoms with Crippen LogP contribution in [0, 0.1) is 0 Å². The normalized spacial score (nSPS) is 9.95. The third kappa shape index (κ3) is 3.23. The van der Waals surface area contributed by atoms with Crippen LogP contribution in [0.25, 0.3) is 0 Å². The second-order valence-electron chi connectivity index (χ2n) is 4.43. The number of benzene rings is 1. The molecule has 0 saturated heterocycles. The topological polar surface area (TPSA) is 70.2 Å². The van der Waals surface area contributed by atoms with Gasteiger partial charge in [0.2, 0.25) is 0 Å². The van der Waals surface area contributed by atoms with Gasteiger partial charge in [-0.2, -0.15) is 0 Å². The fraction of sp³-hybridized carbons (Fsp3) is 0.214. The number of carbonyl (C=O) groups excluding carboxylic acids is 1. The monoisotopic (exact) mass is 271 g/mol. The minimum absolute atomic E-state index is 0.278. The van der Waals surface area contributed by atoms with Crippen molar-refractivity contribution in [3.05, 3.63) is 42.4 Å². The van der Waals surface area contributed by atoms with E-state index < -0.39 is 0 Å². The fourth-order valence-electron chi connectivity index (χ4n) is 1.61. The lowest BCUT2D eigenvalue weighted by atomic mass is 10.2. The Labute approximate surface area is 117 Å². The first kappa shape index (κ1) is 13.8. The van der Waals surface area contributed by atoms with Crippen molar-refractivity contribution in [3.8, 4) is 0 Å². The first-order chi connectivity index (χ1) is 9.60. The van der Waals surface area contributed by atoms with Gasteiger partial charge in [0.05, 0.1) is 12.4 Å². The Kier molecular flexibility index (Phi) is 4.14. The molecule has 1 amide bonds. The van der Waals surface area contributed by atoms with Gasteiger partial charge in [-0.3, -0.25) is 4.79 Å². The predicted octanol–water partition coefficient (Wildman–Crippen LogP) is 1.84. The van der Waals surface area contributed by atoms with Gasteiger partial charge in [0, 0.05) is 32.5 Å².